The molecule has 0 spiro atoms. The molecule has 0 heterocycles. The lowest BCUT2D eigenvalue weighted by atomic mass is 10.1. The summed E-state index contributed by atoms with van der Waals surface area (Å²) in [5.74, 6) is 0. The minimum atomic E-state index is 0.00821. The Labute approximate surface area is 97.1 Å². The third-order valence-electron chi connectivity index (χ3n) is 2.56. The summed E-state index contributed by atoms with van der Waals surface area (Å²) >= 11 is 3.56. The minimum absolute atomic E-state index is 0.00821. The molecule has 1 unspecified atom stereocenters. The average molecular weight is 266 g/mol. The fraction of sp³-hybridized carbons (Fsp3) is 1.00. The van der Waals surface area contributed by atoms with Gasteiger partial charge in [-0.1, -0.05) is 22.9 Å². The number of alkyl halides is 1. The molecule has 0 radical (unpaired) electrons. The first-order valence-corrected chi connectivity index (χ1v) is 6.17. The quantitative estimate of drug-likeness (QED) is 0.657. The van der Waals surface area contributed by atoms with Crippen LogP contribution in [0, 0.1) is 0 Å². The molecule has 0 saturated carbocycles. The van der Waals surface area contributed by atoms with Crippen LogP contribution in [-0.2, 0) is 4.74 Å². The molecule has 0 bridgehead atoms. The zero-order valence-corrected chi connectivity index (χ0v) is 11.7. The Morgan fingerprint density at radius 3 is 2.36 bits per heavy atom. The number of hydrogen-bond donors (Lipinski definition) is 0. The number of hydrogen-bond acceptors (Lipinski definition) is 2. The molecule has 0 N–H and O–H groups in total. The van der Waals surface area contributed by atoms with E-state index in [2.05, 4.69) is 48.6 Å². The molecule has 0 saturated heterocycles. The second-order valence-corrected chi connectivity index (χ2v) is 6.15. The van der Waals surface area contributed by atoms with Gasteiger partial charge < -0.3 is 9.64 Å². The molecular weight excluding hydrogens is 242 g/mol. The smallest absolute Gasteiger partial charge is 0.0634 e. The van der Waals surface area contributed by atoms with Crippen molar-refractivity contribution in [1.29, 1.82) is 0 Å². The number of nitrogens with zero attached hydrogens (tertiary/aromatic N) is 1. The number of halogens is 1. The highest BCUT2D eigenvalue weighted by Crippen LogP contribution is 2.13. The lowest BCUT2D eigenvalue weighted by molar-refractivity contribution is 0.00912. The summed E-state index contributed by atoms with van der Waals surface area (Å²) in [6.07, 6.45) is 2.28. The van der Waals surface area contributed by atoms with Gasteiger partial charge in [-0.25, -0.2) is 0 Å². The Hall–Kier alpha value is 0.400. The largest absolute Gasteiger partial charge is 0.379 e. The first-order valence-electron chi connectivity index (χ1n) is 5.25. The van der Waals surface area contributed by atoms with Crippen molar-refractivity contribution in [2.24, 2.45) is 0 Å². The minimum Gasteiger partial charge on any atom is -0.379 e. The fourth-order valence-corrected chi connectivity index (χ4v) is 1.28. The molecule has 2 nitrogen and oxygen atoms in total. The zero-order chi connectivity index (χ0) is 11.2. The summed E-state index contributed by atoms with van der Waals surface area (Å²) < 4.78 is 5.38. The molecule has 0 aliphatic rings. The van der Waals surface area contributed by atoms with Crippen LogP contribution in [0.2, 0.25) is 0 Å². The van der Waals surface area contributed by atoms with Crippen molar-refractivity contribution in [3.05, 3.63) is 0 Å². The van der Waals surface area contributed by atoms with Gasteiger partial charge in [-0.15, -0.1) is 0 Å². The maximum atomic E-state index is 5.38. The van der Waals surface area contributed by atoms with Crippen molar-refractivity contribution in [2.75, 3.05) is 27.2 Å². The van der Waals surface area contributed by atoms with Crippen molar-refractivity contribution in [2.45, 2.75) is 44.0 Å². The van der Waals surface area contributed by atoms with Crippen LogP contribution in [0.1, 0.15) is 33.6 Å². The van der Waals surface area contributed by atoms with Crippen molar-refractivity contribution in [3.8, 4) is 0 Å². The Bertz CT molecular complexity index is 148. The summed E-state index contributed by atoms with van der Waals surface area (Å²) in [6, 6.07) is 0. The van der Waals surface area contributed by atoms with E-state index in [-0.39, 0.29) is 5.60 Å². The van der Waals surface area contributed by atoms with Gasteiger partial charge in [0.25, 0.3) is 0 Å². The molecule has 1 atom stereocenters. The predicted molar refractivity (Wildman–Crippen MR) is 66.2 cm³/mol. The molecule has 0 rings (SSSR count). The van der Waals surface area contributed by atoms with Gasteiger partial charge in [0.2, 0.25) is 0 Å². The highest BCUT2D eigenvalue weighted by atomic mass is 79.9. The first kappa shape index (κ1) is 14.4. The lowest BCUT2D eigenvalue weighted by Crippen LogP contribution is -2.31. The van der Waals surface area contributed by atoms with Gasteiger partial charge >= 0.3 is 0 Å². The molecule has 0 aromatic heterocycles. The average Bonchev–Trinajstić information content (AvgIpc) is 2.11. The van der Waals surface area contributed by atoms with E-state index in [0.29, 0.717) is 4.83 Å². The van der Waals surface area contributed by atoms with E-state index >= 15 is 0 Å². The van der Waals surface area contributed by atoms with Crippen LogP contribution < -0.4 is 0 Å². The monoisotopic (exact) mass is 265 g/mol. The second-order valence-electron chi connectivity index (χ2n) is 4.59. The molecule has 0 amide bonds. The summed E-state index contributed by atoms with van der Waals surface area (Å²) in [5.41, 5.74) is 0.00821. The third-order valence-corrected chi connectivity index (χ3v) is 3.01. The molecule has 0 aromatic carbocycles. The van der Waals surface area contributed by atoms with Gasteiger partial charge in [0, 0.05) is 18.5 Å². The summed E-state index contributed by atoms with van der Waals surface area (Å²) in [4.78, 5) is 2.97. The van der Waals surface area contributed by atoms with E-state index in [9.17, 15) is 0 Å². The summed E-state index contributed by atoms with van der Waals surface area (Å²) in [5, 5.41) is 0. The van der Waals surface area contributed by atoms with Crippen LogP contribution >= 0.6 is 15.9 Å². The van der Waals surface area contributed by atoms with Crippen molar-refractivity contribution < 1.29 is 4.74 Å². The van der Waals surface area contributed by atoms with E-state index < -0.39 is 0 Å². The molecular formula is C11H24BrNO. The molecule has 3 heteroatoms. The summed E-state index contributed by atoms with van der Waals surface area (Å²) in [7, 11) is 3.95. The van der Waals surface area contributed by atoms with Crippen LogP contribution in [0.3, 0.4) is 0 Å². The third kappa shape index (κ3) is 7.77. The Balaban J connectivity index is 3.58. The normalized spacial score (nSPS) is 14.8. The topological polar surface area (TPSA) is 12.5 Å². The van der Waals surface area contributed by atoms with E-state index in [1.165, 1.54) is 6.42 Å². The highest BCUT2D eigenvalue weighted by Gasteiger charge is 2.16. The zero-order valence-electron chi connectivity index (χ0n) is 10.1. The number of methoxy groups -OCH3 is 1. The second kappa shape index (κ2) is 6.81. The van der Waals surface area contributed by atoms with Crippen molar-refractivity contribution in [3.63, 3.8) is 0 Å². The van der Waals surface area contributed by atoms with E-state index in [1.54, 1.807) is 7.11 Å². The molecule has 14 heavy (non-hydrogen) atoms. The Morgan fingerprint density at radius 1 is 1.36 bits per heavy atom. The van der Waals surface area contributed by atoms with Crippen LogP contribution in [0.25, 0.3) is 0 Å². The predicted octanol–water partition coefficient (Wildman–Crippen LogP) is 2.91. The molecule has 0 fully saturated rings. The maximum absolute atomic E-state index is 5.38. The van der Waals surface area contributed by atoms with Gasteiger partial charge in [-0.05, 0) is 40.3 Å². The molecule has 0 aromatic rings. The fourth-order valence-electron chi connectivity index (χ4n) is 1.07. The van der Waals surface area contributed by atoms with Crippen molar-refractivity contribution in [1.82, 2.24) is 4.90 Å². The number of ether oxygens (including phenoxy) is 1. The van der Waals surface area contributed by atoms with E-state index in [1.807, 2.05) is 0 Å². The van der Waals surface area contributed by atoms with Gasteiger partial charge in [0.15, 0.2) is 0 Å². The SMILES string of the molecule is COC(C)(C)CCN(C)CCC(C)Br. The van der Waals surface area contributed by atoms with Crippen LogP contribution in [-0.4, -0.2) is 42.6 Å². The van der Waals surface area contributed by atoms with Gasteiger partial charge in [-0.2, -0.15) is 0 Å². The van der Waals surface area contributed by atoms with E-state index in [4.69, 9.17) is 4.74 Å². The van der Waals surface area contributed by atoms with Gasteiger partial charge in [-0.3, -0.25) is 0 Å². The van der Waals surface area contributed by atoms with Gasteiger partial charge in [0.05, 0.1) is 5.60 Å². The van der Waals surface area contributed by atoms with Crippen molar-refractivity contribution >= 4 is 15.9 Å². The lowest BCUT2D eigenvalue weighted by Gasteiger charge is -2.26. The van der Waals surface area contributed by atoms with E-state index in [0.717, 1.165) is 19.5 Å². The highest BCUT2D eigenvalue weighted by molar-refractivity contribution is 9.09. The Morgan fingerprint density at radius 2 is 1.93 bits per heavy atom. The van der Waals surface area contributed by atoms with Crippen LogP contribution in [0.4, 0.5) is 0 Å². The van der Waals surface area contributed by atoms with Crippen LogP contribution in [0.15, 0.2) is 0 Å². The Kier molecular flexibility index (Phi) is 7.00. The number of rotatable bonds is 7. The first-order chi connectivity index (χ1) is 6.37. The molecule has 0 aliphatic heterocycles. The summed E-state index contributed by atoms with van der Waals surface area (Å²) in [6.45, 7) is 8.70. The van der Waals surface area contributed by atoms with Crippen LogP contribution in [0.5, 0.6) is 0 Å². The molecule has 86 valence electrons. The molecule has 0 aliphatic carbocycles. The maximum Gasteiger partial charge on any atom is 0.0634 e. The van der Waals surface area contributed by atoms with Gasteiger partial charge in [0.1, 0.15) is 0 Å². The standard InChI is InChI=1S/C11H24BrNO/c1-10(12)6-8-13(4)9-7-11(2,3)14-5/h10H,6-9H2,1-5H3.